The van der Waals surface area contributed by atoms with E-state index in [1.807, 2.05) is 55.4 Å². The van der Waals surface area contributed by atoms with Crippen LogP contribution in [0.15, 0.2) is 0 Å². The highest BCUT2D eigenvalue weighted by atomic mass is 32.2. The van der Waals surface area contributed by atoms with E-state index in [9.17, 15) is 33.6 Å². The Morgan fingerprint density at radius 3 is 1.01 bits per heavy atom. The molecule has 398 valence electrons. The highest BCUT2D eigenvalue weighted by Gasteiger charge is 2.53. The second-order valence-corrected chi connectivity index (χ2v) is 19.4. The molecule has 4 N–H and O–H groups in total. The highest BCUT2D eigenvalue weighted by molar-refractivity contribution is 8.13. The second-order valence-electron chi connectivity index (χ2n) is 17.8. The smallest absolute Gasteiger partial charge is 0.303 e. The predicted octanol–water partition coefficient (Wildman–Crippen LogP) is 4.16. The van der Waals surface area contributed by atoms with Gasteiger partial charge in [0.1, 0.15) is 36.6 Å². The van der Waals surface area contributed by atoms with E-state index in [1.165, 1.54) is 48.5 Å². The molecule has 0 aromatic rings. The monoisotopic (exact) mass is 1030 g/mol. The van der Waals surface area contributed by atoms with Crippen LogP contribution in [-0.2, 0) is 90.4 Å². The molecule has 0 bridgehead atoms. The van der Waals surface area contributed by atoms with Gasteiger partial charge in [0.2, 0.25) is 12.6 Å². The van der Waals surface area contributed by atoms with Crippen molar-refractivity contribution < 1.29 is 90.4 Å². The molecule has 0 spiro atoms. The molecule has 4 aliphatic heterocycles. The van der Waals surface area contributed by atoms with Crippen LogP contribution < -0.4 is 11.7 Å². The third-order valence-electron chi connectivity index (χ3n) is 12.7. The molecular weight excluding hydrogens is 949 g/mol. The van der Waals surface area contributed by atoms with Crippen LogP contribution in [0.2, 0.25) is 0 Å². The lowest BCUT2D eigenvalue weighted by molar-refractivity contribution is -0.357. The van der Waals surface area contributed by atoms with Crippen molar-refractivity contribution in [1.29, 1.82) is 0 Å². The van der Waals surface area contributed by atoms with Crippen molar-refractivity contribution in [1.82, 2.24) is 0 Å². The molecule has 4 fully saturated rings. The standard InChI is InChI=1S/C24H38O10S.C22H36O9S.H4N2/c1-9-18-13(4)21(30-15(6)26)22(31-16(7)27)24(32-18)34-23-12(3)11(2)20(29-14(5)25)19(33-23)10-35-17(8)28;1-8-16-12(4)19(27-14(6)24)20(28-15(7)25)22(29-16)31-21-11(3)10(2)18(26-13(5)23)17(9-32)30-21;1-2/h11-13,18-24H,9-10H2,1-8H3;10-12,16-22,32H,8-9H2,1-7H3;1-2H2/t11-,12-,13-,18-,19-,20+,21+,22-,23-,24-;10-,11-,12-,16-,17-,18+,19+,20-,21-,22-;/m11./s1. The van der Waals surface area contributed by atoms with Crippen LogP contribution in [-0.4, -0.2) is 139 Å². The number of ether oxygens (including phenoxy) is 12. The summed E-state index contributed by atoms with van der Waals surface area (Å²) in [4.78, 5) is 82.2. The third-order valence-corrected chi connectivity index (χ3v) is 14.0. The summed E-state index contributed by atoms with van der Waals surface area (Å²) in [6.45, 7) is 24.6. The Labute approximate surface area is 416 Å². The van der Waals surface area contributed by atoms with Gasteiger partial charge in [0.05, 0.1) is 12.2 Å². The van der Waals surface area contributed by atoms with Gasteiger partial charge in [-0.05, 0) is 12.8 Å². The van der Waals surface area contributed by atoms with Crippen molar-refractivity contribution in [2.24, 2.45) is 47.2 Å². The Bertz CT molecular complexity index is 1690. The van der Waals surface area contributed by atoms with Gasteiger partial charge in [-0.2, -0.15) is 12.6 Å². The predicted molar refractivity (Wildman–Crippen MR) is 251 cm³/mol. The molecule has 4 saturated heterocycles. The summed E-state index contributed by atoms with van der Waals surface area (Å²) in [5.41, 5.74) is 0. The fourth-order valence-electron chi connectivity index (χ4n) is 8.92. The van der Waals surface area contributed by atoms with E-state index in [0.717, 1.165) is 11.8 Å². The summed E-state index contributed by atoms with van der Waals surface area (Å²) >= 11 is 5.42. The molecule has 0 unspecified atom stereocenters. The Morgan fingerprint density at radius 1 is 0.420 bits per heavy atom. The third kappa shape index (κ3) is 17.8. The van der Waals surface area contributed by atoms with Gasteiger partial charge in [0.25, 0.3) is 0 Å². The van der Waals surface area contributed by atoms with E-state index < -0.39 is 110 Å². The summed E-state index contributed by atoms with van der Waals surface area (Å²) in [7, 11) is 0. The lowest BCUT2D eigenvalue weighted by atomic mass is 9.84. The summed E-state index contributed by atoms with van der Waals surface area (Å²) in [5, 5.41) is -0.0894. The summed E-state index contributed by atoms with van der Waals surface area (Å²) in [5.74, 6) is 4.53. The number of hydrogen-bond acceptors (Lipinski definition) is 23. The molecule has 0 amide bonds. The number of hydrazine groups is 1. The highest BCUT2D eigenvalue weighted by Crippen LogP contribution is 2.41. The Hall–Kier alpha value is -3.13. The fourth-order valence-corrected chi connectivity index (χ4v) is 9.88. The largest absolute Gasteiger partial charge is 0.459 e. The van der Waals surface area contributed by atoms with Crippen LogP contribution in [0, 0.1) is 35.5 Å². The summed E-state index contributed by atoms with van der Waals surface area (Å²) < 4.78 is 70.2. The topological polar surface area (TPSA) is 282 Å². The number of thioether (sulfide) groups is 1. The average Bonchev–Trinajstić information content (AvgIpc) is 3.26. The van der Waals surface area contributed by atoms with Crippen molar-refractivity contribution in [3.8, 4) is 0 Å². The van der Waals surface area contributed by atoms with Crippen LogP contribution in [0.1, 0.15) is 117 Å². The van der Waals surface area contributed by atoms with E-state index in [1.54, 1.807) is 0 Å². The number of thiol groups is 1. The lowest BCUT2D eigenvalue weighted by Gasteiger charge is -2.48. The molecule has 69 heavy (non-hydrogen) atoms. The molecule has 0 saturated carbocycles. The average molecular weight is 1030 g/mol. The van der Waals surface area contributed by atoms with Crippen molar-refractivity contribution in [2.45, 2.75) is 203 Å². The Kier molecular flexibility index (Phi) is 26.4. The van der Waals surface area contributed by atoms with E-state index in [-0.39, 0.29) is 58.6 Å². The zero-order valence-corrected chi connectivity index (χ0v) is 44.4. The minimum Gasteiger partial charge on any atom is -0.459 e. The van der Waals surface area contributed by atoms with Crippen molar-refractivity contribution in [3.63, 3.8) is 0 Å². The molecular formula is C46H78N2O19S2. The van der Waals surface area contributed by atoms with Crippen LogP contribution in [0.3, 0.4) is 0 Å². The molecule has 4 heterocycles. The number of carbonyl (C=O) groups is 7. The summed E-state index contributed by atoms with van der Waals surface area (Å²) in [6.07, 6.45) is -8.52. The maximum absolute atomic E-state index is 11.9. The Balaban J connectivity index is 0.000000459. The number of hydrogen-bond donors (Lipinski definition) is 3. The lowest BCUT2D eigenvalue weighted by Crippen LogP contribution is -2.60. The van der Waals surface area contributed by atoms with E-state index >= 15 is 0 Å². The molecule has 0 aliphatic carbocycles. The molecule has 4 rings (SSSR count). The fraction of sp³-hybridized carbons (Fsp3) is 0.848. The molecule has 23 heteroatoms. The van der Waals surface area contributed by atoms with E-state index in [0.29, 0.717) is 18.6 Å². The normalized spacial score (nSPS) is 37.4. The first-order valence-electron chi connectivity index (χ1n) is 23.4. The zero-order valence-electron chi connectivity index (χ0n) is 42.6. The first-order valence-corrected chi connectivity index (χ1v) is 25.0. The van der Waals surface area contributed by atoms with Gasteiger partial charge in [0, 0.05) is 95.5 Å². The second kappa shape index (κ2) is 29.4. The SMILES string of the molecule is CC[C@H]1O[C@H](O[C@H]2O[C@H](CS)[C@@H](OC(C)=O)[C@H](C)[C@H]2C)[C@H](OC(C)=O)[C@@H](OC(C)=O)[C@@H]1C.CC[C@H]1O[C@H](O[C@H]2O[C@H](CSC(C)=O)[C@@H](OC(C)=O)[C@H](C)[C@H]2C)[C@H](OC(C)=O)[C@@H](OC(C)=O)[C@@H]1C.NN. The van der Waals surface area contributed by atoms with Gasteiger partial charge in [0.15, 0.2) is 29.9 Å². The first kappa shape index (κ1) is 62.0. The van der Waals surface area contributed by atoms with Gasteiger partial charge in [-0.3, -0.25) is 45.2 Å². The molecule has 4 aliphatic rings. The maximum atomic E-state index is 11.9. The zero-order chi connectivity index (χ0) is 52.6. The van der Waals surface area contributed by atoms with Gasteiger partial charge in [-0.1, -0.05) is 67.2 Å². The van der Waals surface area contributed by atoms with Crippen LogP contribution >= 0.6 is 24.4 Å². The van der Waals surface area contributed by atoms with Gasteiger partial charge >= 0.3 is 35.8 Å². The number of carbonyl (C=O) groups excluding carboxylic acids is 7. The molecule has 21 nitrogen and oxygen atoms in total. The molecule has 0 radical (unpaired) electrons. The quantitative estimate of drug-likeness (QED) is 0.0682. The minimum absolute atomic E-state index is 0.0873. The van der Waals surface area contributed by atoms with Crippen LogP contribution in [0.25, 0.3) is 0 Å². The van der Waals surface area contributed by atoms with Crippen LogP contribution in [0.5, 0.6) is 0 Å². The van der Waals surface area contributed by atoms with Crippen LogP contribution in [0.4, 0.5) is 0 Å². The van der Waals surface area contributed by atoms with Crippen molar-refractivity contribution in [3.05, 3.63) is 0 Å². The first-order chi connectivity index (χ1) is 32.3. The van der Waals surface area contributed by atoms with Gasteiger partial charge in [-0.25, -0.2) is 0 Å². The summed E-state index contributed by atoms with van der Waals surface area (Å²) in [6, 6.07) is 0. The molecule has 0 aromatic heterocycles. The Morgan fingerprint density at radius 2 is 0.710 bits per heavy atom. The number of rotatable bonds is 15. The maximum Gasteiger partial charge on any atom is 0.303 e. The van der Waals surface area contributed by atoms with Crippen molar-refractivity contribution in [2.75, 3.05) is 11.5 Å². The molecule has 0 aromatic carbocycles. The van der Waals surface area contributed by atoms with E-state index in [2.05, 4.69) is 24.3 Å². The minimum atomic E-state index is -1.06. The van der Waals surface area contributed by atoms with E-state index in [4.69, 9.17) is 56.8 Å². The van der Waals surface area contributed by atoms with Gasteiger partial charge < -0.3 is 56.8 Å². The number of nitrogens with two attached hydrogens (primary N) is 2. The van der Waals surface area contributed by atoms with Gasteiger partial charge in [-0.15, -0.1) is 0 Å². The van der Waals surface area contributed by atoms with Crippen molar-refractivity contribution >= 4 is 65.3 Å². The number of esters is 6. The molecule has 20 atom stereocenters.